The summed E-state index contributed by atoms with van der Waals surface area (Å²) in [5, 5.41) is 0. The maximum atomic E-state index is 7.13. The van der Waals surface area contributed by atoms with Gasteiger partial charge in [-0.25, -0.2) is 9.98 Å². The minimum absolute atomic E-state index is 0.120. The van der Waals surface area contributed by atoms with Crippen LogP contribution in [0, 0.1) is 17.3 Å². The normalized spacial score (nSPS) is 13.5. The van der Waals surface area contributed by atoms with Crippen molar-refractivity contribution in [1.29, 1.82) is 0 Å². The van der Waals surface area contributed by atoms with Gasteiger partial charge in [-0.15, -0.1) is 0 Å². The van der Waals surface area contributed by atoms with Crippen LogP contribution in [0.1, 0.15) is 106 Å². The molecule has 0 amide bonds. The monoisotopic (exact) mass is 1690 g/mol. The molecular weight excluding hydrogens is 1590 g/mol. The van der Waals surface area contributed by atoms with E-state index < -0.39 is 5.41 Å². The van der Waals surface area contributed by atoms with Gasteiger partial charge in [0.1, 0.15) is 167 Å². The van der Waals surface area contributed by atoms with Crippen LogP contribution in [0.4, 0.5) is 0 Å². The zero-order valence-electron chi connectivity index (χ0n) is 72.2. The lowest BCUT2D eigenvalue weighted by Crippen LogP contribution is -2.44. The molecule has 2 aliphatic heterocycles. The van der Waals surface area contributed by atoms with E-state index in [1.54, 1.807) is 0 Å². The average molecular weight is 1690 g/mol. The van der Waals surface area contributed by atoms with Crippen molar-refractivity contribution in [3.05, 3.63) is 430 Å². The first-order valence-corrected chi connectivity index (χ1v) is 43.5. The van der Waals surface area contributed by atoms with Gasteiger partial charge in [0, 0.05) is 36.4 Å². The highest BCUT2D eigenvalue weighted by Crippen LogP contribution is 2.43. The summed E-state index contributed by atoms with van der Waals surface area (Å²) in [6, 6.07) is 116. The molecule has 0 aromatic heterocycles. The van der Waals surface area contributed by atoms with E-state index in [-0.39, 0.29) is 63.2 Å². The Morgan fingerprint density at radius 1 is 0.213 bits per heavy atom. The Morgan fingerprint density at radius 2 is 0.362 bits per heavy atom. The van der Waals surface area contributed by atoms with Gasteiger partial charge < -0.3 is 66.3 Å². The van der Waals surface area contributed by atoms with Crippen LogP contribution in [-0.4, -0.2) is 37.1 Å². The van der Waals surface area contributed by atoms with Crippen LogP contribution in [0.15, 0.2) is 362 Å². The second-order valence-electron chi connectivity index (χ2n) is 32.8. The van der Waals surface area contributed by atoms with Gasteiger partial charge in [-0.1, -0.05) is 270 Å². The predicted octanol–water partition coefficient (Wildman–Crippen LogP) is 24.3. The van der Waals surface area contributed by atoms with E-state index in [4.69, 9.17) is 76.3 Å². The van der Waals surface area contributed by atoms with Gasteiger partial charge in [0.15, 0.2) is 11.8 Å². The van der Waals surface area contributed by atoms with E-state index in [1.165, 1.54) is 0 Å². The minimum atomic E-state index is -1.24. The summed E-state index contributed by atoms with van der Waals surface area (Å²) in [5.41, 5.74) is 11.9. The molecule has 16 heteroatoms. The standard InChI is InChI=1S/C111H106N2O14/c1-79(2)107-77-126-109(112-107)111(110-113-108(78-127-110)80(3)4,63-89-45-95(122-73-91-49-99(114-65-81-29-13-5-14-30-81)59-100(50-91)115-66-82-31-15-6-16-32-82)57-96(46-89)123-74-92-51-101(116-67-83-33-17-7-18-34-83)60-102(52-92)117-68-84-35-19-8-20-36-84)64-90-47-97(124-75-93-53-103(118-69-85-37-21-9-22-38-85)61-104(54-93)119-70-86-39-23-10-24-40-86)58-98(48-90)125-76-94-55-105(120-71-87-41-25-11-26-42-87)62-106(56-94)121-72-88-43-27-12-28-44-88/h5-62,79-80,107-108H,63-78H2,1-4H3/t107-,108?/m1/s1. The number of ether oxygens (including phenoxy) is 14. The zero-order chi connectivity index (χ0) is 86.6. The molecule has 644 valence electrons. The summed E-state index contributed by atoms with van der Waals surface area (Å²) in [4.78, 5) is 11.2. The number of benzene rings is 14. The maximum absolute atomic E-state index is 7.13. The molecule has 16 rings (SSSR count). The summed E-state index contributed by atoms with van der Waals surface area (Å²) in [5.74, 6) is 8.35. The SMILES string of the molecule is CC(C)C1COC(C(Cc2cc(OCc3cc(OCc4ccccc4)cc(OCc4ccccc4)c3)cc(OCc3cc(OCc4ccccc4)cc(OCc4ccccc4)c3)c2)(Cc2cc(OCc3cc(OCc4ccccc4)cc(OCc4ccccc4)c3)cc(OCc3cc(OCc4ccccc4)cc(OCc4ccccc4)c3)c2)C2=N[C@@H](C(C)C)CO2)=N1. The Balaban J connectivity index is 0.793. The van der Waals surface area contributed by atoms with Crippen molar-refractivity contribution in [2.75, 3.05) is 13.2 Å². The van der Waals surface area contributed by atoms with Crippen molar-refractivity contribution in [2.45, 2.75) is 132 Å². The highest BCUT2D eigenvalue weighted by atomic mass is 16.5. The predicted molar refractivity (Wildman–Crippen MR) is 496 cm³/mol. The van der Waals surface area contributed by atoms with Crippen molar-refractivity contribution >= 4 is 11.8 Å². The summed E-state index contributed by atoms with van der Waals surface area (Å²) in [7, 11) is 0. The summed E-state index contributed by atoms with van der Waals surface area (Å²) < 4.78 is 95.2. The molecule has 0 aliphatic carbocycles. The molecule has 14 aromatic carbocycles. The lowest BCUT2D eigenvalue weighted by molar-refractivity contribution is 0.236. The molecule has 0 bridgehead atoms. The van der Waals surface area contributed by atoms with Crippen LogP contribution in [0.25, 0.3) is 0 Å². The summed E-state index contributed by atoms with van der Waals surface area (Å²) in [6.07, 6.45) is 0.470. The van der Waals surface area contributed by atoms with Gasteiger partial charge in [0.25, 0.3) is 0 Å². The van der Waals surface area contributed by atoms with Gasteiger partial charge in [-0.05, 0) is 175 Å². The van der Waals surface area contributed by atoms with Crippen LogP contribution < -0.4 is 56.8 Å². The van der Waals surface area contributed by atoms with Gasteiger partial charge in [0.2, 0.25) is 0 Å². The fourth-order valence-corrected chi connectivity index (χ4v) is 15.1. The van der Waals surface area contributed by atoms with E-state index in [9.17, 15) is 0 Å². The Kier molecular flexibility index (Phi) is 29.4. The van der Waals surface area contributed by atoms with Crippen LogP contribution in [0.2, 0.25) is 0 Å². The lowest BCUT2D eigenvalue weighted by atomic mass is 9.75. The molecule has 2 aliphatic rings. The smallest absolute Gasteiger partial charge is 0.200 e. The van der Waals surface area contributed by atoms with E-state index in [0.717, 1.165) is 77.9 Å². The molecule has 1 unspecified atom stereocenters. The first-order chi connectivity index (χ1) is 62.4. The maximum Gasteiger partial charge on any atom is 0.200 e. The lowest BCUT2D eigenvalue weighted by Gasteiger charge is -2.33. The highest BCUT2D eigenvalue weighted by Gasteiger charge is 2.50. The fourth-order valence-electron chi connectivity index (χ4n) is 15.1. The third kappa shape index (κ3) is 25.4. The number of nitrogens with zero attached hydrogens (tertiary/aromatic N) is 2. The average Bonchev–Trinajstić information content (AvgIpc) is 1.69. The number of aliphatic imine (C=N–C) groups is 2. The Bertz CT molecular complexity index is 4960. The fraction of sp³-hybridized carbons (Fsp3) is 0.225. The molecular formula is C111H106N2O14. The van der Waals surface area contributed by atoms with Crippen molar-refractivity contribution in [1.82, 2.24) is 0 Å². The topological polar surface area (TPSA) is 154 Å². The third-order valence-corrected chi connectivity index (χ3v) is 22.0. The molecule has 2 atom stereocenters. The van der Waals surface area contributed by atoms with E-state index in [1.807, 2.05) is 328 Å². The Morgan fingerprint density at radius 3 is 0.512 bits per heavy atom. The quantitative estimate of drug-likeness (QED) is 0.0356. The molecule has 0 spiro atoms. The third-order valence-electron chi connectivity index (χ3n) is 22.0. The second-order valence-corrected chi connectivity index (χ2v) is 32.8. The molecule has 0 N–H and O–H groups in total. The van der Waals surface area contributed by atoms with Crippen LogP contribution in [0.3, 0.4) is 0 Å². The molecule has 14 aromatic rings. The van der Waals surface area contributed by atoms with Crippen molar-refractivity contribution in [3.63, 3.8) is 0 Å². The summed E-state index contributed by atoms with van der Waals surface area (Å²) >= 11 is 0. The van der Waals surface area contributed by atoms with Crippen LogP contribution >= 0.6 is 0 Å². The zero-order valence-corrected chi connectivity index (χ0v) is 72.2. The van der Waals surface area contributed by atoms with Gasteiger partial charge in [-0.2, -0.15) is 0 Å². The van der Waals surface area contributed by atoms with Gasteiger partial charge in [0.05, 0.1) is 12.1 Å². The molecule has 0 fully saturated rings. The molecule has 2 heterocycles. The first-order valence-electron chi connectivity index (χ1n) is 43.5. The van der Waals surface area contributed by atoms with Crippen molar-refractivity contribution in [3.8, 4) is 69.0 Å². The second kappa shape index (κ2) is 43.3. The summed E-state index contributed by atoms with van der Waals surface area (Å²) in [6.45, 7) is 12.7. The van der Waals surface area contributed by atoms with Crippen molar-refractivity contribution in [2.24, 2.45) is 27.2 Å². The first kappa shape index (κ1) is 86.2. The van der Waals surface area contributed by atoms with Crippen molar-refractivity contribution < 1.29 is 66.3 Å². The van der Waals surface area contributed by atoms with E-state index in [2.05, 4.69) is 52.0 Å². The van der Waals surface area contributed by atoms with Crippen LogP contribution in [0.5, 0.6) is 69.0 Å². The van der Waals surface area contributed by atoms with E-state index in [0.29, 0.717) is 147 Å². The number of rotatable bonds is 44. The molecule has 0 radical (unpaired) electrons. The minimum Gasteiger partial charge on any atom is -0.489 e. The number of hydrogen-bond donors (Lipinski definition) is 0. The molecule has 127 heavy (non-hydrogen) atoms. The molecule has 0 saturated carbocycles. The van der Waals surface area contributed by atoms with E-state index >= 15 is 0 Å². The van der Waals surface area contributed by atoms with Gasteiger partial charge >= 0.3 is 0 Å². The Hall–Kier alpha value is -14.4. The van der Waals surface area contributed by atoms with Gasteiger partial charge in [-0.3, -0.25) is 0 Å². The highest BCUT2D eigenvalue weighted by molar-refractivity contribution is 6.07. The number of hydrogen-bond acceptors (Lipinski definition) is 16. The Labute approximate surface area is 744 Å². The molecule has 16 nitrogen and oxygen atoms in total. The molecule has 0 saturated heterocycles. The van der Waals surface area contributed by atoms with Crippen LogP contribution in [-0.2, 0) is 102 Å². The largest absolute Gasteiger partial charge is 0.489 e.